The van der Waals surface area contributed by atoms with Crippen molar-refractivity contribution in [3.8, 4) is 0 Å². The highest BCUT2D eigenvalue weighted by Crippen LogP contribution is 2.31. The minimum atomic E-state index is -0.136. The first kappa shape index (κ1) is 18.7. The molecule has 0 aliphatic heterocycles. The van der Waals surface area contributed by atoms with Gasteiger partial charge in [-0.15, -0.1) is 11.3 Å². The molecule has 0 aliphatic carbocycles. The molecule has 3 heterocycles. The van der Waals surface area contributed by atoms with Gasteiger partial charge >= 0.3 is 0 Å². The molecule has 0 unspecified atom stereocenters. The van der Waals surface area contributed by atoms with Crippen molar-refractivity contribution in [2.45, 2.75) is 6.54 Å². The van der Waals surface area contributed by atoms with E-state index in [9.17, 15) is 4.79 Å². The molecule has 0 saturated heterocycles. The molecular formula is C23H15ClN4OS. The number of aromatic nitrogens is 3. The summed E-state index contributed by atoms with van der Waals surface area (Å²) in [5, 5.41) is 1.44. The zero-order valence-electron chi connectivity index (χ0n) is 15.7. The SMILES string of the molecule is O=C(c1cccnc1)N(Cc1ccc2ccc(Cl)nc2c1)c1cccc2scnc12. The second-order valence-electron chi connectivity index (χ2n) is 6.77. The number of halogens is 1. The van der Waals surface area contributed by atoms with Crippen LogP contribution in [0.15, 0.2) is 78.6 Å². The first-order chi connectivity index (χ1) is 14.7. The summed E-state index contributed by atoms with van der Waals surface area (Å²) in [4.78, 5) is 28.2. The number of fused-ring (bicyclic) bond motifs is 2. The Morgan fingerprint density at radius 2 is 1.97 bits per heavy atom. The van der Waals surface area contributed by atoms with Gasteiger partial charge in [0.05, 0.1) is 33.5 Å². The van der Waals surface area contributed by atoms with Gasteiger partial charge in [0.2, 0.25) is 0 Å². The van der Waals surface area contributed by atoms with Gasteiger partial charge in [0.15, 0.2) is 0 Å². The first-order valence-electron chi connectivity index (χ1n) is 9.28. The molecule has 0 aliphatic rings. The number of hydrogen-bond acceptors (Lipinski definition) is 5. The Morgan fingerprint density at radius 1 is 1.07 bits per heavy atom. The Labute approximate surface area is 181 Å². The average Bonchev–Trinajstić information content (AvgIpc) is 3.26. The molecule has 2 aromatic carbocycles. The van der Waals surface area contributed by atoms with E-state index in [1.54, 1.807) is 52.3 Å². The van der Waals surface area contributed by atoms with Gasteiger partial charge in [0, 0.05) is 17.8 Å². The summed E-state index contributed by atoms with van der Waals surface area (Å²) in [5.74, 6) is -0.136. The van der Waals surface area contributed by atoms with E-state index in [-0.39, 0.29) is 5.91 Å². The van der Waals surface area contributed by atoms with Gasteiger partial charge in [-0.25, -0.2) is 9.97 Å². The van der Waals surface area contributed by atoms with Crippen molar-refractivity contribution in [3.05, 3.63) is 94.8 Å². The quantitative estimate of drug-likeness (QED) is 0.341. The number of pyridine rings is 2. The minimum Gasteiger partial charge on any atom is -0.302 e. The number of nitrogens with zero attached hydrogens (tertiary/aromatic N) is 4. The molecule has 5 rings (SSSR count). The molecule has 0 radical (unpaired) electrons. The molecule has 3 aromatic heterocycles. The fourth-order valence-electron chi connectivity index (χ4n) is 3.42. The average molecular weight is 431 g/mol. The molecule has 0 spiro atoms. The second-order valence-corrected chi connectivity index (χ2v) is 8.04. The lowest BCUT2D eigenvalue weighted by atomic mass is 10.1. The standard InChI is InChI=1S/C23H15ClN4OS/c24-21-9-8-16-7-6-15(11-18(16)27-21)13-28(23(29)17-3-2-10-25-12-17)19-4-1-5-20-22(19)26-14-30-20/h1-12,14H,13H2. The van der Waals surface area contributed by atoms with Crippen LogP contribution in [0.3, 0.4) is 0 Å². The van der Waals surface area contributed by atoms with Crippen LogP contribution in [-0.4, -0.2) is 20.9 Å². The summed E-state index contributed by atoms with van der Waals surface area (Å²) in [6, 6.07) is 19.1. The van der Waals surface area contributed by atoms with Crippen LogP contribution in [0.5, 0.6) is 0 Å². The Balaban J connectivity index is 1.61. The summed E-state index contributed by atoms with van der Waals surface area (Å²) >= 11 is 7.62. The van der Waals surface area contributed by atoms with E-state index in [1.807, 2.05) is 42.5 Å². The highest BCUT2D eigenvalue weighted by Gasteiger charge is 2.21. The largest absolute Gasteiger partial charge is 0.302 e. The van der Waals surface area contributed by atoms with E-state index in [0.717, 1.165) is 32.4 Å². The molecule has 7 heteroatoms. The first-order valence-corrected chi connectivity index (χ1v) is 10.5. The van der Waals surface area contributed by atoms with Crippen molar-refractivity contribution < 1.29 is 4.79 Å². The third-order valence-corrected chi connectivity index (χ3v) is 5.85. The third-order valence-electron chi connectivity index (χ3n) is 4.85. The number of para-hydroxylation sites is 1. The number of carbonyl (C=O) groups is 1. The van der Waals surface area contributed by atoms with Gasteiger partial charge in [-0.05, 0) is 48.0 Å². The molecule has 0 fully saturated rings. The maximum atomic E-state index is 13.5. The third kappa shape index (κ3) is 3.51. The van der Waals surface area contributed by atoms with Gasteiger partial charge in [0.1, 0.15) is 10.7 Å². The molecule has 0 bridgehead atoms. The summed E-state index contributed by atoms with van der Waals surface area (Å²) in [5.41, 5.74) is 5.63. The van der Waals surface area contributed by atoms with Crippen LogP contribution in [0.25, 0.3) is 21.1 Å². The lowest BCUT2D eigenvalue weighted by Gasteiger charge is -2.23. The predicted octanol–water partition coefficient (Wildman–Crippen LogP) is 5.74. The smallest absolute Gasteiger partial charge is 0.260 e. The fourth-order valence-corrected chi connectivity index (χ4v) is 4.27. The number of anilines is 1. The predicted molar refractivity (Wildman–Crippen MR) is 121 cm³/mol. The van der Waals surface area contributed by atoms with E-state index in [0.29, 0.717) is 17.3 Å². The van der Waals surface area contributed by atoms with E-state index in [4.69, 9.17) is 11.6 Å². The van der Waals surface area contributed by atoms with Crippen LogP contribution in [0.1, 0.15) is 15.9 Å². The van der Waals surface area contributed by atoms with Crippen LogP contribution < -0.4 is 4.90 Å². The maximum Gasteiger partial charge on any atom is 0.260 e. The summed E-state index contributed by atoms with van der Waals surface area (Å²) in [6.07, 6.45) is 3.24. The number of thiazole rings is 1. The van der Waals surface area contributed by atoms with Crippen LogP contribution in [0.2, 0.25) is 5.15 Å². The number of hydrogen-bond donors (Lipinski definition) is 0. The van der Waals surface area contributed by atoms with E-state index in [2.05, 4.69) is 15.0 Å². The van der Waals surface area contributed by atoms with Crippen LogP contribution in [0.4, 0.5) is 5.69 Å². The van der Waals surface area contributed by atoms with Crippen molar-refractivity contribution in [2.75, 3.05) is 4.90 Å². The molecular weight excluding hydrogens is 416 g/mol. The summed E-state index contributed by atoms with van der Waals surface area (Å²) < 4.78 is 1.03. The maximum absolute atomic E-state index is 13.5. The molecule has 5 nitrogen and oxygen atoms in total. The van der Waals surface area contributed by atoms with E-state index in [1.165, 1.54) is 0 Å². The Bertz CT molecular complexity index is 1370. The molecule has 1 amide bonds. The molecule has 146 valence electrons. The zero-order chi connectivity index (χ0) is 20.5. The zero-order valence-corrected chi connectivity index (χ0v) is 17.3. The van der Waals surface area contributed by atoms with Gasteiger partial charge < -0.3 is 4.90 Å². The number of carbonyl (C=O) groups excluding carboxylic acids is 1. The fraction of sp³-hybridized carbons (Fsp3) is 0.0435. The van der Waals surface area contributed by atoms with Crippen molar-refractivity contribution >= 4 is 55.7 Å². The molecule has 0 saturated carbocycles. The lowest BCUT2D eigenvalue weighted by molar-refractivity contribution is 0.0985. The Kier molecular flexibility index (Phi) is 4.86. The number of amides is 1. The highest BCUT2D eigenvalue weighted by atomic mass is 35.5. The number of rotatable bonds is 4. The van der Waals surface area contributed by atoms with Crippen molar-refractivity contribution in [1.29, 1.82) is 0 Å². The van der Waals surface area contributed by atoms with E-state index < -0.39 is 0 Å². The minimum absolute atomic E-state index is 0.136. The van der Waals surface area contributed by atoms with Crippen molar-refractivity contribution in [2.24, 2.45) is 0 Å². The van der Waals surface area contributed by atoms with Crippen LogP contribution in [0, 0.1) is 0 Å². The monoisotopic (exact) mass is 430 g/mol. The van der Waals surface area contributed by atoms with Crippen molar-refractivity contribution in [3.63, 3.8) is 0 Å². The summed E-state index contributed by atoms with van der Waals surface area (Å²) in [6.45, 7) is 0.370. The Hall–Kier alpha value is -3.35. The van der Waals surface area contributed by atoms with Gasteiger partial charge in [-0.3, -0.25) is 9.78 Å². The van der Waals surface area contributed by atoms with Crippen LogP contribution >= 0.6 is 22.9 Å². The highest BCUT2D eigenvalue weighted by molar-refractivity contribution is 7.16. The van der Waals surface area contributed by atoms with E-state index >= 15 is 0 Å². The second kappa shape index (κ2) is 7.82. The number of benzene rings is 2. The Morgan fingerprint density at radius 3 is 2.83 bits per heavy atom. The topological polar surface area (TPSA) is 59.0 Å². The molecule has 5 aromatic rings. The van der Waals surface area contributed by atoms with Crippen LogP contribution in [-0.2, 0) is 6.54 Å². The van der Waals surface area contributed by atoms with Gasteiger partial charge in [-0.2, -0.15) is 0 Å². The molecule has 30 heavy (non-hydrogen) atoms. The van der Waals surface area contributed by atoms with Crippen molar-refractivity contribution in [1.82, 2.24) is 15.0 Å². The normalized spacial score (nSPS) is 11.1. The molecule has 0 N–H and O–H groups in total. The van der Waals surface area contributed by atoms with Gasteiger partial charge in [-0.1, -0.05) is 29.8 Å². The summed E-state index contributed by atoms with van der Waals surface area (Å²) in [7, 11) is 0. The van der Waals surface area contributed by atoms with Gasteiger partial charge in [0.25, 0.3) is 5.91 Å². The molecule has 0 atom stereocenters. The lowest BCUT2D eigenvalue weighted by Crippen LogP contribution is -2.30.